The van der Waals surface area contributed by atoms with Crippen molar-refractivity contribution in [3.8, 4) is 23.0 Å². The van der Waals surface area contributed by atoms with Crippen molar-refractivity contribution in [2.45, 2.75) is 19.3 Å². The van der Waals surface area contributed by atoms with E-state index < -0.39 is 23.1 Å². The molecular weight excluding hydrogens is 482 g/mol. The minimum absolute atomic E-state index is 0.105. The Bertz CT molecular complexity index is 1590. The van der Waals surface area contributed by atoms with Gasteiger partial charge in [0.2, 0.25) is 11.7 Å². The largest absolute Gasteiger partial charge is 0.507 e. The van der Waals surface area contributed by atoms with Crippen molar-refractivity contribution in [1.29, 1.82) is 0 Å². The van der Waals surface area contributed by atoms with Gasteiger partial charge in [0, 0.05) is 41.1 Å². The van der Waals surface area contributed by atoms with E-state index >= 15 is 0 Å². The van der Waals surface area contributed by atoms with Crippen LogP contribution in [0.25, 0.3) is 11.0 Å². The summed E-state index contributed by atoms with van der Waals surface area (Å²) in [4.78, 5) is 37.5. The van der Waals surface area contributed by atoms with Gasteiger partial charge in [-0.3, -0.25) is 4.79 Å². The average Bonchev–Trinajstić information content (AvgIpc) is 2.86. The first kappa shape index (κ1) is 25.4. The number of ether oxygens (including phenoxy) is 3. The third-order valence-electron chi connectivity index (χ3n) is 5.84. The van der Waals surface area contributed by atoms with Gasteiger partial charge >= 0.3 is 11.3 Å². The molecule has 0 aliphatic heterocycles. The molecule has 0 aliphatic rings. The molecule has 37 heavy (non-hydrogen) atoms. The first-order chi connectivity index (χ1) is 17.7. The molecule has 2 aromatic carbocycles. The van der Waals surface area contributed by atoms with Gasteiger partial charge in [0.1, 0.15) is 17.1 Å². The lowest BCUT2D eigenvalue weighted by atomic mass is 9.87. The summed E-state index contributed by atoms with van der Waals surface area (Å²) < 4.78 is 26.8. The van der Waals surface area contributed by atoms with Crippen LogP contribution in [-0.4, -0.2) is 32.3 Å². The second-order valence-corrected chi connectivity index (χ2v) is 8.18. The lowest BCUT2D eigenvalue weighted by molar-refractivity contribution is -0.116. The number of benzene rings is 2. The molecule has 1 atom stereocenters. The predicted octanol–water partition coefficient (Wildman–Crippen LogP) is 3.95. The molecule has 0 radical (unpaired) electrons. The number of amides is 1. The number of carbonyl (C=O) groups is 1. The number of aryl methyl sites for hydroxylation is 1. The van der Waals surface area contributed by atoms with Gasteiger partial charge in [0.25, 0.3) is 0 Å². The summed E-state index contributed by atoms with van der Waals surface area (Å²) in [7, 11) is 4.32. The minimum Gasteiger partial charge on any atom is -0.507 e. The molecule has 0 bridgehead atoms. The Labute approximate surface area is 211 Å². The van der Waals surface area contributed by atoms with E-state index in [9.17, 15) is 19.5 Å². The standard InChI is InChI=1S/C27H25NO9/c1-14-11-19(29)24(27(32)36-14)18(17-7-9-21(33-2)26(35-4)25(17)34-3)13-22(30)28-16-6-8-20-15(12-16)5-10-23(31)37-20/h5-12,18,29H,13H2,1-4H3,(H,28,30)/t18-/m1/s1. The Morgan fingerprint density at radius 1 is 0.946 bits per heavy atom. The van der Waals surface area contributed by atoms with Gasteiger partial charge in [-0.15, -0.1) is 0 Å². The van der Waals surface area contributed by atoms with Gasteiger partial charge in [-0.05, 0) is 37.3 Å². The molecule has 10 nitrogen and oxygen atoms in total. The highest BCUT2D eigenvalue weighted by Crippen LogP contribution is 2.46. The van der Waals surface area contributed by atoms with Crippen LogP contribution >= 0.6 is 0 Å². The van der Waals surface area contributed by atoms with Gasteiger partial charge in [-0.1, -0.05) is 6.07 Å². The number of hydrogen-bond donors (Lipinski definition) is 2. The zero-order chi connectivity index (χ0) is 26.7. The second kappa shape index (κ2) is 10.5. The molecule has 2 N–H and O–H groups in total. The first-order valence-electron chi connectivity index (χ1n) is 11.2. The van der Waals surface area contributed by atoms with Crippen LogP contribution in [0.5, 0.6) is 23.0 Å². The topological polar surface area (TPSA) is 137 Å². The predicted molar refractivity (Wildman–Crippen MR) is 135 cm³/mol. The molecule has 192 valence electrons. The zero-order valence-corrected chi connectivity index (χ0v) is 20.6. The second-order valence-electron chi connectivity index (χ2n) is 8.18. The molecule has 2 heterocycles. The van der Waals surface area contributed by atoms with Crippen LogP contribution in [0.1, 0.15) is 29.2 Å². The SMILES string of the molecule is COc1ccc([C@@H](CC(=O)Nc2ccc3oc(=O)ccc3c2)c2c(O)cc(C)oc2=O)c(OC)c1OC. The quantitative estimate of drug-likeness (QED) is 0.340. The van der Waals surface area contributed by atoms with E-state index in [1.54, 1.807) is 36.4 Å². The zero-order valence-electron chi connectivity index (χ0n) is 20.6. The van der Waals surface area contributed by atoms with Crippen LogP contribution in [0.2, 0.25) is 0 Å². The molecule has 1 amide bonds. The Balaban J connectivity index is 1.77. The number of nitrogens with one attached hydrogen (secondary N) is 1. The van der Waals surface area contributed by atoms with E-state index in [-0.39, 0.29) is 35.0 Å². The number of aromatic hydroxyl groups is 1. The lowest BCUT2D eigenvalue weighted by Gasteiger charge is -2.22. The van der Waals surface area contributed by atoms with E-state index in [0.29, 0.717) is 28.0 Å². The molecule has 0 saturated carbocycles. The lowest BCUT2D eigenvalue weighted by Crippen LogP contribution is -2.21. The van der Waals surface area contributed by atoms with E-state index in [0.717, 1.165) is 0 Å². The number of rotatable bonds is 8. The summed E-state index contributed by atoms with van der Waals surface area (Å²) in [6.45, 7) is 1.53. The smallest absolute Gasteiger partial charge is 0.343 e. The monoisotopic (exact) mass is 507 g/mol. The van der Waals surface area contributed by atoms with E-state index in [2.05, 4.69) is 5.32 Å². The third kappa shape index (κ3) is 5.13. The van der Waals surface area contributed by atoms with Crippen molar-refractivity contribution in [3.05, 3.63) is 86.3 Å². The minimum atomic E-state index is -0.968. The van der Waals surface area contributed by atoms with Crippen LogP contribution in [0.15, 0.2) is 67.0 Å². The molecule has 0 saturated heterocycles. The van der Waals surface area contributed by atoms with Crippen LogP contribution in [0.4, 0.5) is 5.69 Å². The molecule has 0 unspecified atom stereocenters. The molecule has 0 spiro atoms. The number of hydrogen-bond acceptors (Lipinski definition) is 9. The van der Waals surface area contributed by atoms with E-state index in [1.807, 2.05) is 0 Å². The number of anilines is 1. The summed E-state index contributed by atoms with van der Waals surface area (Å²) in [5, 5.41) is 14.1. The fraction of sp³-hybridized carbons (Fsp3) is 0.222. The van der Waals surface area contributed by atoms with Crippen molar-refractivity contribution in [1.82, 2.24) is 0 Å². The molecular formula is C27H25NO9. The summed E-state index contributed by atoms with van der Waals surface area (Å²) in [6, 6.07) is 12.2. The number of fused-ring (bicyclic) bond motifs is 1. The number of carbonyl (C=O) groups excluding carboxylic acids is 1. The number of methoxy groups -OCH3 is 3. The first-order valence-corrected chi connectivity index (χ1v) is 11.2. The van der Waals surface area contributed by atoms with Crippen LogP contribution in [-0.2, 0) is 4.79 Å². The van der Waals surface area contributed by atoms with Crippen molar-refractivity contribution >= 4 is 22.6 Å². The highest BCUT2D eigenvalue weighted by atomic mass is 16.5. The Kier molecular flexibility index (Phi) is 7.19. The van der Waals surface area contributed by atoms with Crippen molar-refractivity contribution in [2.75, 3.05) is 26.6 Å². The maximum Gasteiger partial charge on any atom is 0.343 e. The van der Waals surface area contributed by atoms with Gasteiger partial charge in [-0.25, -0.2) is 9.59 Å². The van der Waals surface area contributed by atoms with Gasteiger partial charge < -0.3 is 33.5 Å². The molecule has 4 rings (SSSR count). The molecule has 0 aliphatic carbocycles. The maximum atomic E-state index is 13.2. The highest BCUT2D eigenvalue weighted by molar-refractivity contribution is 5.94. The third-order valence-corrected chi connectivity index (χ3v) is 5.84. The van der Waals surface area contributed by atoms with E-state index in [1.165, 1.54) is 40.4 Å². The van der Waals surface area contributed by atoms with Crippen molar-refractivity contribution in [2.24, 2.45) is 0 Å². The average molecular weight is 507 g/mol. The highest BCUT2D eigenvalue weighted by Gasteiger charge is 2.30. The normalized spacial score (nSPS) is 11.7. The molecule has 10 heteroatoms. The van der Waals surface area contributed by atoms with E-state index in [4.69, 9.17) is 23.0 Å². The molecule has 2 aromatic heterocycles. The van der Waals surface area contributed by atoms with Crippen LogP contribution < -0.4 is 30.8 Å². The fourth-order valence-electron chi connectivity index (χ4n) is 4.24. The van der Waals surface area contributed by atoms with Crippen molar-refractivity contribution < 1.29 is 32.9 Å². The Morgan fingerprint density at radius 2 is 1.70 bits per heavy atom. The molecule has 4 aromatic rings. The summed E-state index contributed by atoms with van der Waals surface area (Å²) in [5.41, 5.74) is -0.139. The Hall–Kier alpha value is -4.73. The van der Waals surface area contributed by atoms with Crippen molar-refractivity contribution in [3.63, 3.8) is 0 Å². The van der Waals surface area contributed by atoms with Gasteiger partial charge in [0.05, 0.1) is 26.9 Å². The summed E-state index contributed by atoms with van der Waals surface area (Å²) >= 11 is 0. The molecule has 0 fully saturated rings. The summed E-state index contributed by atoms with van der Waals surface area (Å²) in [5.74, 6) is -0.641. The van der Waals surface area contributed by atoms with Gasteiger partial charge in [0.15, 0.2) is 11.5 Å². The van der Waals surface area contributed by atoms with Gasteiger partial charge in [-0.2, -0.15) is 0 Å². The summed E-state index contributed by atoms with van der Waals surface area (Å²) in [6.07, 6.45) is -0.255. The maximum absolute atomic E-state index is 13.2. The van der Waals surface area contributed by atoms with Crippen LogP contribution in [0, 0.1) is 6.92 Å². The Morgan fingerprint density at radius 3 is 2.38 bits per heavy atom. The fourth-order valence-corrected chi connectivity index (χ4v) is 4.24. The van der Waals surface area contributed by atoms with Crippen LogP contribution in [0.3, 0.4) is 0 Å².